The zero-order valence-corrected chi connectivity index (χ0v) is 21.0. The quantitative estimate of drug-likeness (QED) is 0.600. The van der Waals surface area contributed by atoms with Gasteiger partial charge in [-0.15, -0.1) is 0 Å². The van der Waals surface area contributed by atoms with Crippen molar-refractivity contribution in [1.82, 2.24) is 14.1 Å². The van der Waals surface area contributed by atoms with Gasteiger partial charge in [0.25, 0.3) is 5.91 Å². The molecule has 0 aliphatic carbocycles. The number of piperidine rings is 1. The van der Waals surface area contributed by atoms with Crippen LogP contribution in [0.15, 0.2) is 47.4 Å². The van der Waals surface area contributed by atoms with Gasteiger partial charge in [0.15, 0.2) is 0 Å². The van der Waals surface area contributed by atoms with Crippen molar-refractivity contribution in [2.45, 2.75) is 44.6 Å². The maximum Gasteiger partial charge on any atom is 0.253 e. The smallest absolute Gasteiger partial charge is 0.253 e. The minimum atomic E-state index is -3.58. The first-order valence-corrected chi connectivity index (χ1v) is 13.7. The lowest BCUT2D eigenvalue weighted by atomic mass is 10.1. The Bertz CT molecular complexity index is 1090. The molecule has 8 heteroatoms. The Hall–Kier alpha value is -2.42. The van der Waals surface area contributed by atoms with Crippen LogP contribution in [0.1, 0.15) is 47.7 Å². The van der Waals surface area contributed by atoms with E-state index in [1.165, 1.54) is 5.56 Å². The standard InChI is InChI=1S/C26H35N3O4S/c1-3-33-24-11-8-22(9-12-24)20-27-15-17-28(18-16-27)26(30)23-10-7-21(2)25(19-23)34(31,32)29-13-5-4-6-14-29/h7-12,19H,3-6,13-18,20H2,1-2H3. The molecule has 0 saturated carbocycles. The van der Waals surface area contributed by atoms with Crippen molar-refractivity contribution in [3.63, 3.8) is 0 Å². The first-order valence-electron chi connectivity index (χ1n) is 12.2. The number of amides is 1. The van der Waals surface area contributed by atoms with Crippen molar-refractivity contribution >= 4 is 15.9 Å². The van der Waals surface area contributed by atoms with E-state index in [1.54, 1.807) is 29.4 Å². The molecule has 0 radical (unpaired) electrons. The Labute approximate surface area is 203 Å². The lowest BCUT2D eigenvalue weighted by Gasteiger charge is -2.35. The lowest BCUT2D eigenvalue weighted by Crippen LogP contribution is -2.48. The molecule has 0 N–H and O–H groups in total. The number of aryl methyl sites for hydroxylation is 1. The Morgan fingerprint density at radius 3 is 2.24 bits per heavy atom. The molecule has 1 amide bonds. The van der Waals surface area contributed by atoms with E-state index in [2.05, 4.69) is 17.0 Å². The molecular formula is C26H35N3O4S. The molecule has 0 unspecified atom stereocenters. The van der Waals surface area contributed by atoms with Crippen LogP contribution in [0.4, 0.5) is 0 Å². The maximum absolute atomic E-state index is 13.2. The minimum Gasteiger partial charge on any atom is -0.494 e. The van der Waals surface area contributed by atoms with Crippen LogP contribution in [0.25, 0.3) is 0 Å². The van der Waals surface area contributed by atoms with Gasteiger partial charge in [-0.3, -0.25) is 9.69 Å². The summed E-state index contributed by atoms with van der Waals surface area (Å²) in [6.07, 6.45) is 2.84. The van der Waals surface area contributed by atoms with Gasteiger partial charge >= 0.3 is 0 Å². The molecule has 4 rings (SSSR count). The van der Waals surface area contributed by atoms with Gasteiger partial charge < -0.3 is 9.64 Å². The fourth-order valence-corrected chi connectivity index (χ4v) is 6.43. The largest absolute Gasteiger partial charge is 0.494 e. The van der Waals surface area contributed by atoms with E-state index in [0.717, 1.165) is 44.6 Å². The Balaban J connectivity index is 1.39. The molecule has 2 aromatic rings. The van der Waals surface area contributed by atoms with Crippen LogP contribution in [-0.2, 0) is 16.6 Å². The average Bonchev–Trinajstić information content (AvgIpc) is 2.86. The van der Waals surface area contributed by atoms with Crippen LogP contribution < -0.4 is 4.74 Å². The molecule has 2 saturated heterocycles. The summed E-state index contributed by atoms with van der Waals surface area (Å²) in [7, 11) is -3.58. The molecule has 7 nitrogen and oxygen atoms in total. The summed E-state index contributed by atoms with van der Waals surface area (Å²) >= 11 is 0. The van der Waals surface area contributed by atoms with Crippen molar-refractivity contribution in [3.8, 4) is 5.75 Å². The molecule has 0 bridgehead atoms. The summed E-state index contributed by atoms with van der Waals surface area (Å²) in [5, 5.41) is 0. The SMILES string of the molecule is CCOc1ccc(CN2CCN(C(=O)c3ccc(C)c(S(=O)(=O)N4CCCCC4)c3)CC2)cc1. The van der Waals surface area contributed by atoms with Crippen LogP contribution >= 0.6 is 0 Å². The molecule has 34 heavy (non-hydrogen) atoms. The Kier molecular flexibility index (Phi) is 7.91. The molecule has 0 atom stereocenters. The summed E-state index contributed by atoms with van der Waals surface area (Å²) in [5.74, 6) is 0.775. The predicted octanol–water partition coefficient (Wildman–Crippen LogP) is 3.53. The number of piperazine rings is 1. The van der Waals surface area contributed by atoms with E-state index in [0.29, 0.717) is 43.9 Å². The van der Waals surface area contributed by atoms with Crippen molar-refractivity contribution < 1.29 is 17.9 Å². The first kappa shape index (κ1) is 24.7. The summed E-state index contributed by atoms with van der Waals surface area (Å²) in [6, 6.07) is 13.2. The van der Waals surface area contributed by atoms with Crippen LogP contribution in [0, 0.1) is 6.92 Å². The van der Waals surface area contributed by atoms with Crippen LogP contribution in [0.5, 0.6) is 5.75 Å². The number of sulfonamides is 1. The van der Waals surface area contributed by atoms with Crippen molar-refractivity contribution in [3.05, 3.63) is 59.2 Å². The van der Waals surface area contributed by atoms with Gasteiger partial charge in [-0.25, -0.2) is 8.42 Å². The Morgan fingerprint density at radius 2 is 1.59 bits per heavy atom. The summed E-state index contributed by atoms with van der Waals surface area (Å²) in [4.78, 5) is 17.6. The monoisotopic (exact) mass is 485 g/mol. The van der Waals surface area contributed by atoms with Crippen LogP contribution in [-0.4, -0.2) is 74.3 Å². The highest BCUT2D eigenvalue weighted by Crippen LogP contribution is 2.25. The van der Waals surface area contributed by atoms with Gasteiger partial charge in [0, 0.05) is 51.4 Å². The van der Waals surface area contributed by atoms with Crippen molar-refractivity contribution in [1.29, 1.82) is 0 Å². The number of rotatable bonds is 7. The molecule has 2 aromatic carbocycles. The third-order valence-corrected chi connectivity index (χ3v) is 8.71. The molecule has 2 aliphatic heterocycles. The zero-order valence-electron chi connectivity index (χ0n) is 20.2. The van der Waals surface area contributed by atoms with Crippen molar-refractivity contribution in [2.24, 2.45) is 0 Å². The highest BCUT2D eigenvalue weighted by Gasteiger charge is 2.29. The second kappa shape index (κ2) is 10.9. The molecule has 2 heterocycles. The number of hydrogen-bond acceptors (Lipinski definition) is 5. The maximum atomic E-state index is 13.2. The fourth-order valence-electron chi connectivity index (χ4n) is 4.66. The van der Waals surface area contributed by atoms with Gasteiger partial charge in [-0.1, -0.05) is 24.6 Å². The predicted molar refractivity (Wildman–Crippen MR) is 133 cm³/mol. The Morgan fingerprint density at radius 1 is 0.912 bits per heavy atom. The van der Waals surface area contributed by atoms with Gasteiger partial charge in [-0.05, 0) is 62.1 Å². The van der Waals surface area contributed by atoms with E-state index in [4.69, 9.17) is 4.74 Å². The molecule has 0 aromatic heterocycles. The highest BCUT2D eigenvalue weighted by molar-refractivity contribution is 7.89. The molecule has 2 fully saturated rings. The van der Waals surface area contributed by atoms with E-state index in [9.17, 15) is 13.2 Å². The molecule has 0 spiro atoms. The normalized spacial score (nSPS) is 18.1. The summed E-state index contributed by atoms with van der Waals surface area (Å²) in [5.41, 5.74) is 2.35. The van der Waals surface area contributed by atoms with E-state index >= 15 is 0 Å². The second-order valence-electron chi connectivity index (χ2n) is 9.09. The number of benzene rings is 2. The third-order valence-electron chi connectivity index (χ3n) is 6.67. The van der Waals surface area contributed by atoms with E-state index in [1.807, 2.05) is 24.0 Å². The number of carbonyl (C=O) groups is 1. The third kappa shape index (κ3) is 5.62. The molecule has 2 aliphatic rings. The van der Waals surface area contributed by atoms with E-state index in [-0.39, 0.29) is 10.8 Å². The zero-order chi connectivity index (χ0) is 24.1. The van der Waals surface area contributed by atoms with Gasteiger partial charge in [0.2, 0.25) is 10.0 Å². The average molecular weight is 486 g/mol. The first-order chi connectivity index (χ1) is 16.4. The van der Waals surface area contributed by atoms with Crippen LogP contribution in [0.3, 0.4) is 0 Å². The van der Waals surface area contributed by atoms with Gasteiger partial charge in [-0.2, -0.15) is 4.31 Å². The van der Waals surface area contributed by atoms with Crippen molar-refractivity contribution in [2.75, 3.05) is 45.9 Å². The lowest BCUT2D eigenvalue weighted by molar-refractivity contribution is 0.0628. The van der Waals surface area contributed by atoms with E-state index < -0.39 is 10.0 Å². The minimum absolute atomic E-state index is 0.101. The molecule has 184 valence electrons. The summed E-state index contributed by atoms with van der Waals surface area (Å²) < 4.78 is 33.5. The second-order valence-corrected chi connectivity index (χ2v) is 11.0. The van der Waals surface area contributed by atoms with Gasteiger partial charge in [0.1, 0.15) is 5.75 Å². The topological polar surface area (TPSA) is 70.2 Å². The number of nitrogens with zero attached hydrogens (tertiary/aromatic N) is 3. The number of hydrogen-bond donors (Lipinski definition) is 0. The van der Waals surface area contributed by atoms with Gasteiger partial charge in [0.05, 0.1) is 11.5 Å². The van der Waals surface area contributed by atoms with Crippen LogP contribution in [0.2, 0.25) is 0 Å². The highest BCUT2D eigenvalue weighted by atomic mass is 32.2. The summed E-state index contributed by atoms with van der Waals surface area (Å²) in [6.45, 7) is 9.17. The fraction of sp³-hybridized carbons (Fsp3) is 0.500. The number of carbonyl (C=O) groups excluding carboxylic acids is 1. The molecular weight excluding hydrogens is 450 g/mol. The number of ether oxygens (including phenoxy) is 1.